The number of rotatable bonds is 4. The minimum absolute atomic E-state index is 0.141. The second kappa shape index (κ2) is 5.49. The molecular formula is C14H25NO2. The number of likely N-dealkylation sites (N-methyl/N-ethyl adjacent to an activating group) is 1. The molecule has 0 atom stereocenters. The maximum Gasteiger partial charge on any atom is 0.153 e. The minimum atomic E-state index is -0.141. The first kappa shape index (κ1) is 13.0. The van der Waals surface area contributed by atoms with Gasteiger partial charge in [0.2, 0.25) is 0 Å². The molecule has 2 rings (SSSR count). The molecule has 0 bridgehead atoms. The Morgan fingerprint density at radius 1 is 1.24 bits per heavy atom. The summed E-state index contributed by atoms with van der Waals surface area (Å²) < 4.78 is 5.36. The summed E-state index contributed by atoms with van der Waals surface area (Å²) in [7, 11) is 4.13. The van der Waals surface area contributed by atoms with Crippen LogP contribution in [0.5, 0.6) is 0 Å². The van der Waals surface area contributed by atoms with Crippen molar-refractivity contribution in [2.75, 3.05) is 27.3 Å². The predicted molar refractivity (Wildman–Crippen MR) is 68.1 cm³/mol. The van der Waals surface area contributed by atoms with Gasteiger partial charge in [0.1, 0.15) is 0 Å². The molecule has 0 aromatic rings. The Morgan fingerprint density at radius 3 is 2.35 bits per heavy atom. The maximum atomic E-state index is 12.6. The average molecular weight is 239 g/mol. The quantitative estimate of drug-likeness (QED) is 0.753. The van der Waals surface area contributed by atoms with Gasteiger partial charge >= 0.3 is 0 Å². The van der Waals surface area contributed by atoms with Crippen LogP contribution < -0.4 is 0 Å². The lowest BCUT2D eigenvalue weighted by Crippen LogP contribution is -2.49. The van der Waals surface area contributed by atoms with E-state index in [-0.39, 0.29) is 5.54 Å². The third-order valence-electron chi connectivity index (χ3n) is 4.62. The molecule has 0 N–H and O–H groups in total. The van der Waals surface area contributed by atoms with Crippen molar-refractivity contribution in [1.29, 1.82) is 0 Å². The lowest BCUT2D eigenvalue weighted by molar-refractivity contribution is -0.131. The summed E-state index contributed by atoms with van der Waals surface area (Å²) in [6.45, 7) is 1.68. The summed E-state index contributed by atoms with van der Waals surface area (Å²) in [6, 6.07) is 0. The molecule has 1 saturated carbocycles. The first-order chi connectivity index (χ1) is 8.15. The molecule has 0 spiro atoms. The first-order valence-electron chi connectivity index (χ1n) is 6.93. The van der Waals surface area contributed by atoms with Crippen LogP contribution in [0.25, 0.3) is 0 Å². The topological polar surface area (TPSA) is 29.5 Å². The average Bonchev–Trinajstić information content (AvgIpc) is 2.80. The van der Waals surface area contributed by atoms with Crippen LogP contribution in [0.2, 0.25) is 0 Å². The van der Waals surface area contributed by atoms with Gasteiger partial charge in [-0.25, -0.2) is 0 Å². The van der Waals surface area contributed by atoms with E-state index < -0.39 is 0 Å². The van der Waals surface area contributed by atoms with Crippen LogP contribution in [0.15, 0.2) is 0 Å². The Hall–Kier alpha value is -0.410. The van der Waals surface area contributed by atoms with Crippen molar-refractivity contribution < 1.29 is 9.53 Å². The lowest BCUT2D eigenvalue weighted by Gasteiger charge is -2.36. The Labute approximate surface area is 105 Å². The Balaban J connectivity index is 1.96. The van der Waals surface area contributed by atoms with Crippen LogP contribution in [-0.4, -0.2) is 43.5 Å². The Kier molecular flexibility index (Phi) is 4.21. The molecule has 0 amide bonds. The van der Waals surface area contributed by atoms with Gasteiger partial charge in [-0.1, -0.05) is 12.8 Å². The van der Waals surface area contributed by atoms with Crippen LogP contribution in [0.3, 0.4) is 0 Å². The van der Waals surface area contributed by atoms with Crippen LogP contribution >= 0.6 is 0 Å². The van der Waals surface area contributed by atoms with Gasteiger partial charge in [-0.3, -0.25) is 9.69 Å². The monoisotopic (exact) mass is 239 g/mol. The van der Waals surface area contributed by atoms with Crippen molar-refractivity contribution in [3.05, 3.63) is 0 Å². The highest BCUT2D eigenvalue weighted by Crippen LogP contribution is 2.37. The predicted octanol–water partition coefficient (Wildman–Crippen LogP) is 2.25. The molecule has 3 heteroatoms. The highest BCUT2D eigenvalue weighted by molar-refractivity contribution is 5.88. The number of Topliss-reactive ketones (excluding diaryl/α,β-unsaturated/α-hetero) is 1. The molecule has 0 aromatic carbocycles. The van der Waals surface area contributed by atoms with Crippen molar-refractivity contribution in [3.8, 4) is 0 Å². The van der Waals surface area contributed by atoms with Gasteiger partial charge in [0.05, 0.1) is 5.54 Å². The van der Waals surface area contributed by atoms with Crippen molar-refractivity contribution in [3.63, 3.8) is 0 Å². The number of ketones is 1. The van der Waals surface area contributed by atoms with Gasteiger partial charge in [0, 0.05) is 19.6 Å². The largest absolute Gasteiger partial charge is 0.381 e. The van der Waals surface area contributed by atoms with E-state index in [1.54, 1.807) is 0 Å². The van der Waals surface area contributed by atoms with E-state index >= 15 is 0 Å². The second-order valence-corrected chi connectivity index (χ2v) is 5.82. The fourth-order valence-corrected chi connectivity index (χ4v) is 3.34. The normalized spacial score (nSPS) is 25.4. The molecule has 0 unspecified atom stereocenters. The van der Waals surface area contributed by atoms with Crippen LogP contribution in [0, 0.1) is 5.92 Å². The molecule has 3 nitrogen and oxygen atoms in total. The third-order valence-corrected chi connectivity index (χ3v) is 4.62. The zero-order chi connectivity index (χ0) is 12.3. The molecule has 98 valence electrons. The van der Waals surface area contributed by atoms with Gasteiger partial charge in [0.15, 0.2) is 5.78 Å². The minimum Gasteiger partial charge on any atom is -0.381 e. The van der Waals surface area contributed by atoms with Crippen molar-refractivity contribution in [2.24, 2.45) is 5.92 Å². The zero-order valence-corrected chi connectivity index (χ0v) is 11.2. The van der Waals surface area contributed by atoms with E-state index in [4.69, 9.17) is 4.74 Å². The van der Waals surface area contributed by atoms with E-state index in [2.05, 4.69) is 19.0 Å². The van der Waals surface area contributed by atoms with Gasteiger partial charge < -0.3 is 4.74 Å². The number of ether oxygens (including phenoxy) is 1. The molecule has 2 fully saturated rings. The lowest BCUT2D eigenvalue weighted by atomic mass is 9.83. The highest BCUT2D eigenvalue weighted by atomic mass is 16.5. The Bertz CT molecular complexity index is 263. The number of hydrogen-bond acceptors (Lipinski definition) is 3. The molecule has 0 radical (unpaired) electrons. The summed E-state index contributed by atoms with van der Waals surface area (Å²) in [4.78, 5) is 14.8. The third kappa shape index (κ3) is 2.71. The number of nitrogens with zero attached hydrogens (tertiary/aromatic N) is 1. The molecule has 0 aromatic heterocycles. The van der Waals surface area contributed by atoms with Crippen molar-refractivity contribution >= 4 is 5.78 Å². The van der Waals surface area contributed by atoms with Gasteiger partial charge in [-0.05, 0) is 45.7 Å². The molecule has 1 heterocycles. The fourth-order valence-electron chi connectivity index (χ4n) is 3.34. The van der Waals surface area contributed by atoms with E-state index in [1.165, 1.54) is 12.8 Å². The summed E-state index contributed by atoms with van der Waals surface area (Å²) in [5.41, 5.74) is -0.141. The second-order valence-electron chi connectivity index (χ2n) is 5.82. The van der Waals surface area contributed by atoms with Gasteiger partial charge in [0.25, 0.3) is 0 Å². The fraction of sp³-hybridized carbons (Fsp3) is 0.929. The highest BCUT2D eigenvalue weighted by Gasteiger charge is 2.43. The number of carbonyl (C=O) groups is 1. The van der Waals surface area contributed by atoms with E-state index in [9.17, 15) is 4.79 Å². The molecule has 1 aliphatic carbocycles. The van der Waals surface area contributed by atoms with E-state index in [1.807, 2.05) is 0 Å². The van der Waals surface area contributed by atoms with Crippen LogP contribution in [-0.2, 0) is 9.53 Å². The maximum absolute atomic E-state index is 12.6. The van der Waals surface area contributed by atoms with Gasteiger partial charge in [-0.15, -0.1) is 0 Å². The zero-order valence-electron chi connectivity index (χ0n) is 11.2. The van der Waals surface area contributed by atoms with E-state index in [0.717, 1.165) is 45.3 Å². The van der Waals surface area contributed by atoms with Crippen molar-refractivity contribution in [2.45, 2.75) is 50.5 Å². The van der Waals surface area contributed by atoms with Crippen molar-refractivity contribution in [1.82, 2.24) is 4.90 Å². The molecular weight excluding hydrogens is 214 g/mol. The first-order valence-corrected chi connectivity index (χ1v) is 6.93. The summed E-state index contributed by atoms with van der Waals surface area (Å²) in [5, 5.41) is 0. The number of carbonyl (C=O) groups excluding carboxylic acids is 1. The number of hydrogen-bond donors (Lipinski definition) is 0. The van der Waals surface area contributed by atoms with Gasteiger partial charge in [-0.2, -0.15) is 0 Å². The Morgan fingerprint density at radius 2 is 1.82 bits per heavy atom. The summed E-state index contributed by atoms with van der Waals surface area (Å²) in [6.07, 6.45) is 7.42. The molecule has 17 heavy (non-hydrogen) atoms. The summed E-state index contributed by atoms with van der Waals surface area (Å²) >= 11 is 0. The van der Waals surface area contributed by atoms with E-state index in [0.29, 0.717) is 11.7 Å². The SMILES string of the molecule is CN(C)C1(C(=O)CC2CCOCC2)CCCC1. The van der Waals surface area contributed by atoms with Crippen LogP contribution in [0.4, 0.5) is 0 Å². The summed E-state index contributed by atoms with van der Waals surface area (Å²) in [5.74, 6) is 1.04. The molecule has 2 aliphatic rings. The smallest absolute Gasteiger partial charge is 0.153 e. The standard InChI is InChI=1S/C14H25NO2/c1-15(2)14(7-3-4-8-14)13(16)11-12-5-9-17-10-6-12/h12H,3-11H2,1-2H3. The molecule has 1 aliphatic heterocycles. The van der Waals surface area contributed by atoms with Crippen LogP contribution in [0.1, 0.15) is 44.9 Å². The molecule has 1 saturated heterocycles.